The van der Waals surface area contributed by atoms with Gasteiger partial charge in [-0.2, -0.15) is 0 Å². The van der Waals surface area contributed by atoms with Crippen molar-refractivity contribution >= 4 is 11.8 Å². The van der Waals surface area contributed by atoms with E-state index in [4.69, 9.17) is 11.5 Å². The molecular weight excluding hydrogens is 416 g/mol. The normalized spacial score (nSPS) is 22.4. The van der Waals surface area contributed by atoms with E-state index >= 15 is 0 Å². The quantitative estimate of drug-likeness (QED) is 0.150. The molecule has 3 unspecified atom stereocenters. The number of fused-ring (bicyclic) bond motifs is 2. The first-order valence-corrected chi connectivity index (χ1v) is 13.5. The molecule has 8 N–H and O–H groups in total. The number of nitrogens with two attached hydrogens (primary N) is 2. The van der Waals surface area contributed by atoms with Crippen molar-refractivity contribution in [2.75, 3.05) is 45.8 Å². The van der Waals surface area contributed by atoms with Crippen LogP contribution >= 0.6 is 0 Å². The van der Waals surface area contributed by atoms with Crippen LogP contribution in [0.1, 0.15) is 77.0 Å². The van der Waals surface area contributed by atoms with Crippen molar-refractivity contribution in [3.63, 3.8) is 0 Å². The fraction of sp³-hybridized carbons (Fsp3) is 0.920. The zero-order chi connectivity index (χ0) is 23.7. The van der Waals surface area contributed by atoms with E-state index in [0.29, 0.717) is 31.8 Å². The number of rotatable bonds is 20. The third-order valence-corrected chi connectivity index (χ3v) is 7.28. The van der Waals surface area contributed by atoms with Gasteiger partial charge in [-0.05, 0) is 115 Å². The summed E-state index contributed by atoms with van der Waals surface area (Å²) >= 11 is 0. The van der Waals surface area contributed by atoms with Crippen LogP contribution in [0.15, 0.2) is 0 Å². The average molecular weight is 467 g/mol. The summed E-state index contributed by atoms with van der Waals surface area (Å²) in [6.45, 7) is 6.04. The molecule has 2 rings (SSSR count). The zero-order valence-corrected chi connectivity index (χ0v) is 20.7. The van der Waals surface area contributed by atoms with E-state index in [0.717, 1.165) is 83.1 Å². The van der Waals surface area contributed by atoms with Gasteiger partial charge in [0.15, 0.2) is 0 Å². The Morgan fingerprint density at radius 3 is 2.12 bits per heavy atom. The molecule has 0 aromatic carbocycles. The number of hydrogen-bond acceptors (Lipinski definition) is 6. The van der Waals surface area contributed by atoms with Crippen molar-refractivity contribution in [1.82, 2.24) is 21.3 Å². The van der Waals surface area contributed by atoms with Gasteiger partial charge in [-0.25, -0.2) is 0 Å². The molecule has 0 heterocycles. The standard InChI is InChI=1S/C25H50N6O2/c26-10-5-13-28-11-3-4-12-29-14-6-16-31-25(33)23(27)7-1-2-15-30-24(32)19-22-18-20-8-9-21(22)17-20/h20-23,28-29H,1-19,26-27H2,(H,30,32)(H,31,33)/t20?,21?,22?,23-/m0/s1. The molecule has 0 saturated heterocycles. The van der Waals surface area contributed by atoms with Gasteiger partial charge in [0.05, 0.1) is 6.04 Å². The fourth-order valence-corrected chi connectivity index (χ4v) is 5.32. The van der Waals surface area contributed by atoms with Crippen LogP contribution in [0.4, 0.5) is 0 Å². The summed E-state index contributed by atoms with van der Waals surface area (Å²) < 4.78 is 0. The molecule has 0 aromatic rings. The van der Waals surface area contributed by atoms with Crippen LogP contribution in [0.2, 0.25) is 0 Å². The second kappa shape index (κ2) is 17.2. The molecule has 2 aliphatic rings. The largest absolute Gasteiger partial charge is 0.356 e. The maximum Gasteiger partial charge on any atom is 0.236 e. The summed E-state index contributed by atoms with van der Waals surface area (Å²) in [6.07, 6.45) is 12.6. The van der Waals surface area contributed by atoms with Crippen LogP contribution in [0.3, 0.4) is 0 Å². The van der Waals surface area contributed by atoms with Gasteiger partial charge in [0, 0.05) is 19.5 Å². The van der Waals surface area contributed by atoms with Crippen molar-refractivity contribution in [2.45, 2.75) is 83.1 Å². The molecule has 2 aliphatic carbocycles. The van der Waals surface area contributed by atoms with E-state index in [-0.39, 0.29) is 11.8 Å². The van der Waals surface area contributed by atoms with Gasteiger partial charge < -0.3 is 32.7 Å². The number of amides is 2. The molecule has 2 fully saturated rings. The van der Waals surface area contributed by atoms with Crippen LogP contribution in [0.5, 0.6) is 0 Å². The number of carbonyl (C=O) groups excluding carboxylic acids is 2. The highest BCUT2D eigenvalue weighted by Crippen LogP contribution is 2.49. The van der Waals surface area contributed by atoms with Crippen molar-refractivity contribution in [1.29, 1.82) is 0 Å². The van der Waals surface area contributed by atoms with Crippen LogP contribution in [0.25, 0.3) is 0 Å². The van der Waals surface area contributed by atoms with E-state index in [2.05, 4.69) is 21.3 Å². The van der Waals surface area contributed by atoms with Gasteiger partial charge in [0.1, 0.15) is 0 Å². The smallest absolute Gasteiger partial charge is 0.236 e. The molecule has 0 aliphatic heterocycles. The molecule has 2 amide bonds. The van der Waals surface area contributed by atoms with Gasteiger partial charge in [-0.15, -0.1) is 0 Å². The van der Waals surface area contributed by atoms with Crippen molar-refractivity contribution in [2.24, 2.45) is 29.2 Å². The molecule has 0 radical (unpaired) electrons. The van der Waals surface area contributed by atoms with Crippen molar-refractivity contribution < 1.29 is 9.59 Å². The molecule has 2 saturated carbocycles. The molecule has 0 spiro atoms. The van der Waals surface area contributed by atoms with Gasteiger partial charge >= 0.3 is 0 Å². The van der Waals surface area contributed by atoms with E-state index in [9.17, 15) is 9.59 Å². The maximum atomic E-state index is 12.2. The Bertz CT molecular complexity index is 547. The predicted molar refractivity (Wildman–Crippen MR) is 135 cm³/mol. The first kappa shape index (κ1) is 28.0. The Morgan fingerprint density at radius 2 is 1.45 bits per heavy atom. The summed E-state index contributed by atoms with van der Waals surface area (Å²) in [4.78, 5) is 24.3. The second-order valence-corrected chi connectivity index (χ2v) is 10.1. The number of carbonyl (C=O) groups is 2. The van der Waals surface area contributed by atoms with E-state index in [1.807, 2.05) is 0 Å². The highest BCUT2D eigenvalue weighted by molar-refractivity contribution is 5.81. The molecule has 4 atom stereocenters. The SMILES string of the molecule is NCCCNCCCCNCCCNC(=O)[C@@H](N)CCCCNC(=O)CC1CC2CCC1C2. The van der Waals surface area contributed by atoms with Crippen LogP contribution in [0, 0.1) is 17.8 Å². The Balaban J connectivity index is 1.33. The van der Waals surface area contributed by atoms with Crippen LogP contribution < -0.4 is 32.7 Å². The number of unbranched alkanes of at least 4 members (excludes halogenated alkanes) is 2. The summed E-state index contributed by atoms with van der Waals surface area (Å²) in [5.74, 6) is 2.43. The van der Waals surface area contributed by atoms with E-state index < -0.39 is 6.04 Å². The lowest BCUT2D eigenvalue weighted by Gasteiger charge is -2.20. The Morgan fingerprint density at radius 1 is 0.788 bits per heavy atom. The van der Waals surface area contributed by atoms with Crippen LogP contribution in [-0.2, 0) is 9.59 Å². The van der Waals surface area contributed by atoms with Crippen LogP contribution in [-0.4, -0.2) is 63.7 Å². The lowest BCUT2D eigenvalue weighted by atomic mass is 9.86. The van der Waals surface area contributed by atoms with E-state index in [1.165, 1.54) is 25.7 Å². The fourth-order valence-electron chi connectivity index (χ4n) is 5.32. The third kappa shape index (κ3) is 12.2. The second-order valence-electron chi connectivity index (χ2n) is 10.1. The first-order valence-electron chi connectivity index (χ1n) is 13.5. The van der Waals surface area contributed by atoms with Gasteiger partial charge in [0.25, 0.3) is 0 Å². The van der Waals surface area contributed by atoms with E-state index in [1.54, 1.807) is 0 Å². The molecule has 0 aromatic heterocycles. The van der Waals surface area contributed by atoms with Gasteiger partial charge in [0.2, 0.25) is 11.8 Å². The molecule has 33 heavy (non-hydrogen) atoms. The summed E-state index contributed by atoms with van der Waals surface area (Å²) in [6, 6.07) is -0.463. The average Bonchev–Trinajstić information content (AvgIpc) is 3.42. The Hall–Kier alpha value is -1.22. The highest BCUT2D eigenvalue weighted by Gasteiger charge is 2.39. The molecule has 8 nitrogen and oxygen atoms in total. The lowest BCUT2D eigenvalue weighted by Crippen LogP contribution is -2.41. The van der Waals surface area contributed by atoms with Crippen molar-refractivity contribution in [3.8, 4) is 0 Å². The minimum Gasteiger partial charge on any atom is -0.356 e. The molecule has 2 bridgehead atoms. The summed E-state index contributed by atoms with van der Waals surface area (Å²) in [5.41, 5.74) is 11.5. The maximum absolute atomic E-state index is 12.2. The molecule has 8 heteroatoms. The molecular formula is C25H50N6O2. The number of hydrogen-bond donors (Lipinski definition) is 6. The summed E-state index contributed by atoms with van der Waals surface area (Å²) in [7, 11) is 0. The number of nitrogens with one attached hydrogen (secondary N) is 4. The lowest BCUT2D eigenvalue weighted by molar-refractivity contribution is -0.123. The third-order valence-electron chi connectivity index (χ3n) is 7.28. The Kier molecular flexibility index (Phi) is 14.6. The molecule has 192 valence electrons. The minimum absolute atomic E-state index is 0.0705. The monoisotopic (exact) mass is 466 g/mol. The Labute approximate surface area is 201 Å². The summed E-state index contributed by atoms with van der Waals surface area (Å²) in [5, 5.41) is 12.8. The topological polar surface area (TPSA) is 134 Å². The predicted octanol–water partition coefficient (Wildman–Crippen LogP) is 1.24. The van der Waals surface area contributed by atoms with Gasteiger partial charge in [-0.1, -0.05) is 6.42 Å². The minimum atomic E-state index is -0.463. The highest BCUT2D eigenvalue weighted by atomic mass is 16.2. The van der Waals surface area contributed by atoms with Crippen molar-refractivity contribution in [3.05, 3.63) is 0 Å². The van der Waals surface area contributed by atoms with Gasteiger partial charge in [-0.3, -0.25) is 9.59 Å². The zero-order valence-electron chi connectivity index (χ0n) is 20.7. The first-order chi connectivity index (χ1) is 16.1.